The summed E-state index contributed by atoms with van der Waals surface area (Å²) >= 11 is 3.24. The minimum Gasteiger partial charge on any atom is -0.328 e. The molecule has 0 radical (unpaired) electrons. The summed E-state index contributed by atoms with van der Waals surface area (Å²) in [6.45, 7) is 4.09. The second-order valence-electron chi connectivity index (χ2n) is 2.94. The normalized spacial score (nSPS) is 13.2. The first-order valence-corrected chi connectivity index (χ1v) is 6.19. The summed E-state index contributed by atoms with van der Waals surface area (Å²) in [4.78, 5) is 4.36. The van der Waals surface area contributed by atoms with Crippen LogP contribution in [0.15, 0.2) is 4.34 Å². The first kappa shape index (κ1) is 10.9. The summed E-state index contributed by atoms with van der Waals surface area (Å²) in [6, 6.07) is 0.283. The van der Waals surface area contributed by atoms with E-state index < -0.39 is 0 Å². The van der Waals surface area contributed by atoms with Crippen molar-refractivity contribution in [2.45, 2.75) is 37.1 Å². The molecule has 0 bridgehead atoms. The topological polar surface area (TPSA) is 51.8 Å². The lowest BCUT2D eigenvalue weighted by Crippen LogP contribution is -2.15. The number of aryl methyl sites for hydroxylation is 1. The Morgan fingerprint density at radius 3 is 2.92 bits per heavy atom. The van der Waals surface area contributed by atoms with Crippen molar-refractivity contribution in [1.82, 2.24) is 9.36 Å². The zero-order valence-electron chi connectivity index (χ0n) is 7.99. The van der Waals surface area contributed by atoms with Gasteiger partial charge in [-0.15, -0.1) is 0 Å². The lowest BCUT2D eigenvalue weighted by atomic mass is 10.3. The molecule has 2 N–H and O–H groups in total. The second kappa shape index (κ2) is 5.57. The summed E-state index contributed by atoms with van der Waals surface area (Å²) in [6.07, 6.45) is 1.95. The number of rotatable bonds is 5. The van der Waals surface area contributed by atoms with Crippen molar-refractivity contribution in [3.05, 3.63) is 5.82 Å². The Morgan fingerprint density at radius 1 is 1.62 bits per heavy atom. The zero-order chi connectivity index (χ0) is 9.68. The molecule has 0 aliphatic rings. The van der Waals surface area contributed by atoms with Crippen molar-refractivity contribution in [1.29, 1.82) is 0 Å². The lowest BCUT2D eigenvalue weighted by molar-refractivity contribution is 0.721. The number of thioether (sulfide) groups is 1. The van der Waals surface area contributed by atoms with Crippen molar-refractivity contribution in [2.24, 2.45) is 5.73 Å². The maximum Gasteiger partial charge on any atom is 0.170 e. The molecule has 0 fully saturated rings. The molecule has 3 nitrogen and oxygen atoms in total. The molecule has 5 heteroatoms. The highest BCUT2D eigenvalue weighted by molar-refractivity contribution is 8.00. The van der Waals surface area contributed by atoms with Gasteiger partial charge in [0.05, 0.1) is 0 Å². The summed E-state index contributed by atoms with van der Waals surface area (Å²) in [5, 5.41) is 0. The van der Waals surface area contributed by atoms with Gasteiger partial charge in [0.1, 0.15) is 5.82 Å². The predicted molar refractivity (Wildman–Crippen MR) is 58.3 cm³/mol. The van der Waals surface area contributed by atoms with Gasteiger partial charge in [0.2, 0.25) is 0 Å². The third kappa shape index (κ3) is 4.06. The van der Waals surface area contributed by atoms with Crippen LogP contribution in [0.2, 0.25) is 0 Å². The Bertz CT molecular complexity index is 247. The number of hydrogen-bond acceptors (Lipinski definition) is 5. The molecule has 1 rings (SSSR count). The fourth-order valence-corrected chi connectivity index (χ4v) is 2.68. The van der Waals surface area contributed by atoms with Crippen LogP contribution >= 0.6 is 23.3 Å². The van der Waals surface area contributed by atoms with E-state index in [1.54, 1.807) is 11.8 Å². The van der Waals surface area contributed by atoms with Crippen molar-refractivity contribution in [3.63, 3.8) is 0 Å². The Morgan fingerprint density at radius 2 is 2.38 bits per heavy atom. The number of hydrogen-bond donors (Lipinski definition) is 1. The minimum absolute atomic E-state index is 0.283. The van der Waals surface area contributed by atoms with Crippen molar-refractivity contribution in [2.75, 3.05) is 5.75 Å². The van der Waals surface area contributed by atoms with Gasteiger partial charge >= 0.3 is 0 Å². The molecule has 13 heavy (non-hydrogen) atoms. The van der Waals surface area contributed by atoms with E-state index in [1.807, 2.05) is 6.92 Å². The van der Waals surface area contributed by atoms with E-state index in [-0.39, 0.29) is 6.04 Å². The molecular formula is C8H15N3S2. The van der Waals surface area contributed by atoms with Crippen molar-refractivity contribution >= 4 is 23.3 Å². The summed E-state index contributed by atoms with van der Waals surface area (Å²) in [7, 11) is 0. The molecule has 1 aromatic heterocycles. The van der Waals surface area contributed by atoms with Crippen LogP contribution < -0.4 is 5.73 Å². The molecule has 0 amide bonds. The van der Waals surface area contributed by atoms with E-state index >= 15 is 0 Å². The fraction of sp³-hybridized carbons (Fsp3) is 0.750. The van der Waals surface area contributed by atoms with Gasteiger partial charge in [-0.2, -0.15) is 4.37 Å². The van der Waals surface area contributed by atoms with Crippen molar-refractivity contribution in [3.8, 4) is 0 Å². The fourth-order valence-electron chi connectivity index (χ4n) is 0.772. The van der Waals surface area contributed by atoms with Gasteiger partial charge in [0.15, 0.2) is 4.34 Å². The first-order valence-electron chi connectivity index (χ1n) is 4.43. The quantitative estimate of drug-likeness (QED) is 0.766. The van der Waals surface area contributed by atoms with Gasteiger partial charge in [-0.25, -0.2) is 4.98 Å². The van der Waals surface area contributed by atoms with Crippen LogP contribution in [0.5, 0.6) is 0 Å². The van der Waals surface area contributed by atoms with Gasteiger partial charge in [0, 0.05) is 18.2 Å². The van der Waals surface area contributed by atoms with Gasteiger partial charge in [0.25, 0.3) is 0 Å². The Kier molecular flexibility index (Phi) is 4.69. The predicted octanol–water partition coefficient (Wildman–Crippen LogP) is 1.93. The lowest BCUT2D eigenvalue weighted by Gasteiger charge is -2.01. The highest BCUT2D eigenvalue weighted by atomic mass is 32.2. The van der Waals surface area contributed by atoms with Gasteiger partial charge in [-0.05, 0) is 24.9 Å². The SMILES string of the molecule is CCc1nsc(SCCC(C)N)n1. The van der Waals surface area contributed by atoms with E-state index in [0.717, 1.165) is 28.8 Å². The Hall–Kier alpha value is -0.130. The molecule has 1 aromatic rings. The molecular weight excluding hydrogens is 202 g/mol. The van der Waals surface area contributed by atoms with E-state index in [9.17, 15) is 0 Å². The molecule has 0 saturated carbocycles. The maximum atomic E-state index is 5.64. The summed E-state index contributed by atoms with van der Waals surface area (Å²) < 4.78 is 5.28. The largest absolute Gasteiger partial charge is 0.328 e. The number of nitrogens with zero attached hydrogens (tertiary/aromatic N) is 2. The summed E-state index contributed by atoms with van der Waals surface area (Å²) in [5.41, 5.74) is 5.64. The van der Waals surface area contributed by atoms with E-state index in [1.165, 1.54) is 11.5 Å². The smallest absolute Gasteiger partial charge is 0.170 e. The average Bonchev–Trinajstić information content (AvgIpc) is 2.52. The molecule has 0 aromatic carbocycles. The minimum atomic E-state index is 0.283. The average molecular weight is 217 g/mol. The molecule has 0 aliphatic carbocycles. The van der Waals surface area contributed by atoms with Crippen LogP contribution in [0.3, 0.4) is 0 Å². The third-order valence-corrected chi connectivity index (χ3v) is 3.47. The van der Waals surface area contributed by atoms with E-state index in [2.05, 4.69) is 16.3 Å². The molecule has 0 spiro atoms. The monoisotopic (exact) mass is 217 g/mol. The molecule has 0 saturated heterocycles. The van der Waals surface area contributed by atoms with Crippen LogP contribution in [0.1, 0.15) is 26.1 Å². The maximum absolute atomic E-state index is 5.64. The highest BCUT2D eigenvalue weighted by Gasteiger charge is 2.03. The standard InChI is InChI=1S/C8H15N3S2/c1-3-7-10-8(13-11-7)12-5-4-6(2)9/h6H,3-5,9H2,1-2H3. The molecule has 1 atom stereocenters. The van der Waals surface area contributed by atoms with Crippen LogP contribution in [0, 0.1) is 0 Å². The van der Waals surface area contributed by atoms with Gasteiger partial charge < -0.3 is 5.73 Å². The summed E-state index contributed by atoms with van der Waals surface area (Å²) in [5.74, 6) is 1.99. The third-order valence-electron chi connectivity index (χ3n) is 1.56. The highest BCUT2D eigenvalue weighted by Crippen LogP contribution is 2.21. The number of nitrogens with two attached hydrogens (primary N) is 1. The molecule has 1 heterocycles. The van der Waals surface area contributed by atoms with E-state index in [0.29, 0.717) is 0 Å². The van der Waals surface area contributed by atoms with Crippen LogP contribution in [-0.4, -0.2) is 21.2 Å². The van der Waals surface area contributed by atoms with Crippen LogP contribution in [0.25, 0.3) is 0 Å². The van der Waals surface area contributed by atoms with Gasteiger partial charge in [-0.1, -0.05) is 18.7 Å². The zero-order valence-corrected chi connectivity index (χ0v) is 9.62. The van der Waals surface area contributed by atoms with E-state index in [4.69, 9.17) is 5.73 Å². The first-order chi connectivity index (χ1) is 6.22. The Labute approximate surface area is 87.3 Å². The number of aromatic nitrogens is 2. The van der Waals surface area contributed by atoms with Crippen molar-refractivity contribution < 1.29 is 0 Å². The van der Waals surface area contributed by atoms with Crippen LogP contribution in [0.4, 0.5) is 0 Å². The molecule has 1 unspecified atom stereocenters. The Balaban J connectivity index is 2.28. The van der Waals surface area contributed by atoms with Crippen LogP contribution in [-0.2, 0) is 6.42 Å². The molecule has 0 aliphatic heterocycles. The second-order valence-corrected chi connectivity index (χ2v) is 5.04. The molecule has 74 valence electrons. The van der Waals surface area contributed by atoms with Gasteiger partial charge in [-0.3, -0.25) is 0 Å².